The number of carbonyl (C=O) groups excluding carboxylic acids is 3. The Labute approximate surface area is 152 Å². The number of rotatable bonds is 7. The molecular weight excluding hydrogens is 336 g/mol. The molecule has 7 nitrogen and oxygen atoms in total. The van der Waals surface area contributed by atoms with Crippen LogP contribution in [-0.4, -0.2) is 31.2 Å². The van der Waals surface area contributed by atoms with E-state index in [1.807, 2.05) is 25.1 Å². The number of benzene rings is 1. The third-order valence-corrected chi connectivity index (χ3v) is 3.63. The van der Waals surface area contributed by atoms with Crippen LogP contribution < -0.4 is 10.6 Å². The molecular formula is C19H22N2O5. The molecule has 1 heterocycles. The molecule has 0 aliphatic carbocycles. The summed E-state index contributed by atoms with van der Waals surface area (Å²) >= 11 is 0. The highest BCUT2D eigenvalue weighted by Crippen LogP contribution is 2.27. The van der Waals surface area contributed by atoms with E-state index in [4.69, 9.17) is 9.47 Å². The van der Waals surface area contributed by atoms with Gasteiger partial charge >= 0.3 is 18.0 Å². The van der Waals surface area contributed by atoms with E-state index >= 15 is 0 Å². The molecule has 0 radical (unpaired) electrons. The predicted octanol–water partition coefficient (Wildman–Crippen LogP) is 2.37. The molecule has 2 N–H and O–H groups in total. The van der Waals surface area contributed by atoms with Gasteiger partial charge in [0, 0.05) is 6.08 Å². The summed E-state index contributed by atoms with van der Waals surface area (Å²) in [5.74, 6) is -1.13. The molecule has 1 aliphatic rings. The largest absolute Gasteiger partial charge is 0.463 e. The van der Waals surface area contributed by atoms with Crippen LogP contribution >= 0.6 is 0 Å². The molecule has 1 aromatic carbocycles. The summed E-state index contributed by atoms with van der Waals surface area (Å²) in [5, 5.41) is 5.26. The van der Waals surface area contributed by atoms with Crippen LogP contribution in [0.5, 0.6) is 0 Å². The van der Waals surface area contributed by atoms with Crippen LogP contribution in [0.1, 0.15) is 31.9 Å². The van der Waals surface area contributed by atoms with E-state index in [2.05, 4.69) is 10.6 Å². The first-order valence-electron chi connectivity index (χ1n) is 8.42. The Balaban J connectivity index is 2.35. The van der Waals surface area contributed by atoms with Gasteiger partial charge in [0.25, 0.3) is 0 Å². The van der Waals surface area contributed by atoms with Gasteiger partial charge in [-0.25, -0.2) is 14.4 Å². The zero-order valence-electron chi connectivity index (χ0n) is 14.8. The van der Waals surface area contributed by atoms with E-state index in [9.17, 15) is 14.4 Å². The quantitative estimate of drug-likeness (QED) is 0.576. The van der Waals surface area contributed by atoms with Crippen molar-refractivity contribution >= 4 is 18.0 Å². The summed E-state index contributed by atoms with van der Waals surface area (Å²) in [6.07, 6.45) is 3.67. The van der Waals surface area contributed by atoms with Crippen LogP contribution in [0.15, 0.2) is 53.8 Å². The lowest BCUT2D eigenvalue weighted by molar-refractivity contribution is -0.140. The van der Waals surface area contributed by atoms with Gasteiger partial charge in [-0.1, -0.05) is 43.3 Å². The fourth-order valence-corrected chi connectivity index (χ4v) is 2.48. The highest BCUT2D eigenvalue weighted by molar-refractivity contribution is 5.95. The number of allylic oxidation sites excluding steroid dienone is 1. The SMILES string of the molecule is CC/C=C/C(=O)OCC1=C(C(=O)OCC)C(c2ccccc2)NC(=O)N1. The Morgan fingerprint density at radius 1 is 1.15 bits per heavy atom. The van der Waals surface area contributed by atoms with E-state index in [1.54, 1.807) is 25.1 Å². The van der Waals surface area contributed by atoms with Gasteiger partial charge in [-0.05, 0) is 18.9 Å². The lowest BCUT2D eigenvalue weighted by Gasteiger charge is -2.29. The van der Waals surface area contributed by atoms with E-state index < -0.39 is 24.0 Å². The second-order valence-electron chi connectivity index (χ2n) is 5.47. The van der Waals surface area contributed by atoms with Gasteiger partial charge in [-0.3, -0.25) is 0 Å². The second kappa shape index (κ2) is 9.41. The van der Waals surface area contributed by atoms with Crippen LogP contribution in [0.3, 0.4) is 0 Å². The number of ether oxygens (including phenoxy) is 2. The van der Waals surface area contributed by atoms with Crippen molar-refractivity contribution < 1.29 is 23.9 Å². The Morgan fingerprint density at radius 3 is 2.54 bits per heavy atom. The molecule has 2 rings (SSSR count). The normalized spacial score (nSPS) is 16.8. The average Bonchev–Trinajstić information content (AvgIpc) is 2.65. The minimum absolute atomic E-state index is 0.185. The summed E-state index contributed by atoms with van der Waals surface area (Å²) in [5.41, 5.74) is 1.14. The first-order chi connectivity index (χ1) is 12.6. The van der Waals surface area contributed by atoms with Crippen molar-refractivity contribution in [3.8, 4) is 0 Å². The van der Waals surface area contributed by atoms with E-state index in [0.717, 1.165) is 5.56 Å². The summed E-state index contributed by atoms with van der Waals surface area (Å²) in [6.45, 7) is 3.53. The molecule has 1 aliphatic heterocycles. The molecule has 0 saturated heterocycles. The molecule has 7 heteroatoms. The highest BCUT2D eigenvalue weighted by Gasteiger charge is 2.34. The lowest BCUT2D eigenvalue weighted by atomic mass is 9.95. The molecule has 0 spiro atoms. The molecule has 138 valence electrons. The second-order valence-corrected chi connectivity index (χ2v) is 5.47. The van der Waals surface area contributed by atoms with E-state index in [1.165, 1.54) is 6.08 Å². The Hall–Kier alpha value is -3.09. The lowest BCUT2D eigenvalue weighted by Crippen LogP contribution is -2.47. The van der Waals surface area contributed by atoms with Crippen LogP contribution in [-0.2, 0) is 19.1 Å². The smallest absolute Gasteiger partial charge is 0.338 e. The van der Waals surface area contributed by atoms with Crippen molar-refractivity contribution in [2.75, 3.05) is 13.2 Å². The van der Waals surface area contributed by atoms with Crippen molar-refractivity contribution in [2.45, 2.75) is 26.3 Å². The number of urea groups is 1. The van der Waals surface area contributed by atoms with Crippen LogP contribution in [0, 0.1) is 0 Å². The van der Waals surface area contributed by atoms with Crippen LogP contribution in [0.25, 0.3) is 0 Å². The average molecular weight is 358 g/mol. The monoisotopic (exact) mass is 358 g/mol. The topological polar surface area (TPSA) is 93.7 Å². The van der Waals surface area contributed by atoms with Crippen LogP contribution in [0.4, 0.5) is 4.79 Å². The minimum atomic E-state index is -0.691. The van der Waals surface area contributed by atoms with Crippen molar-refractivity contribution in [1.82, 2.24) is 10.6 Å². The molecule has 1 atom stereocenters. The van der Waals surface area contributed by atoms with Crippen molar-refractivity contribution in [1.29, 1.82) is 0 Å². The zero-order chi connectivity index (χ0) is 18.9. The van der Waals surface area contributed by atoms with Crippen LogP contribution in [0.2, 0.25) is 0 Å². The maximum absolute atomic E-state index is 12.5. The first kappa shape index (κ1) is 19.2. The molecule has 2 amide bonds. The third-order valence-electron chi connectivity index (χ3n) is 3.63. The maximum Gasteiger partial charge on any atom is 0.338 e. The number of amides is 2. The van der Waals surface area contributed by atoms with Crippen molar-refractivity contribution in [3.63, 3.8) is 0 Å². The Bertz CT molecular complexity index is 725. The van der Waals surface area contributed by atoms with Crippen molar-refractivity contribution in [3.05, 3.63) is 59.3 Å². The standard InChI is InChI=1S/C19H22N2O5/c1-3-5-11-15(22)26-12-14-16(18(23)25-4-2)17(21-19(24)20-14)13-9-7-6-8-10-13/h5-11,17H,3-4,12H2,1-2H3,(H2,20,21,24)/b11-5+. The van der Waals surface area contributed by atoms with Gasteiger partial charge in [0.05, 0.1) is 23.9 Å². The zero-order valence-corrected chi connectivity index (χ0v) is 14.8. The Morgan fingerprint density at radius 2 is 1.88 bits per heavy atom. The Kier molecular flexibility index (Phi) is 6.96. The highest BCUT2D eigenvalue weighted by atomic mass is 16.5. The molecule has 26 heavy (non-hydrogen) atoms. The molecule has 0 fully saturated rings. The van der Waals surface area contributed by atoms with Gasteiger partial charge in [-0.2, -0.15) is 0 Å². The maximum atomic E-state index is 12.5. The fraction of sp³-hybridized carbons (Fsp3) is 0.316. The van der Waals surface area contributed by atoms with Gasteiger partial charge < -0.3 is 20.1 Å². The summed E-state index contributed by atoms with van der Waals surface area (Å²) in [7, 11) is 0. The summed E-state index contributed by atoms with van der Waals surface area (Å²) in [6, 6.07) is 7.86. The van der Waals surface area contributed by atoms with Gasteiger partial charge in [-0.15, -0.1) is 0 Å². The number of esters is 2. The fourth-order valence-electron chi connectivity index (χ4n) is 2.48. The number of hydrogen-bond acceptors (Lipinski definition) is 5. The van der Waals surface area contributed by atoms with Gasteiger partial charge in [0.15, 0.2) is 0 Å². The number of carbonyl (C=O) groups is 3. The number of hydrogen-bond donors (Lipinski definition) is 2. The predicted molar refractivity (Wildman–Crippen MR) is 94.9 cm³/mol. The molecule has 1 unspecified atom stereocenters. The summed E-state index contributed by atoms with van der Waals surface area (Å²) < 4.78 is 10.3. The third kappa shape index (κ3) is 4.95. The van der Waals surface area contributed by atoms with Gasteiger partial charge in [0.2, 0.25) is 0 Å². The minimum Gasteiger partial charge on any atom is -0.463 e. The van der Waals surface area contributed by atoms with Crippen molar-refractivity contribution in [2.24, 2.45) is 0 Å². The van der Waals surface area contributed by atoms with Gasteiger partial charge in [0.1, 0.15) is 6.61 Å². The van der Waals surface area contributed by atoms with E-state index in [0.29, 0.717) is 6.42 Å². The van der Waals surface area contributed by atoms with E-state index in [-0.39, 0.29) is 24.5 Å². The molecule has 0 bridgehead atoms. The molecule has 0 saturated carbocycles. The molecule has 0 aromatic heterocycles. The first-order valence-corrected chi connectivity index (χ1v) is 8.42. The molecule has 1 aromatic rings. The summed E-state index contributed by atoms with van der Waals surface area (Å²) in [4.78, 5) is 36.2. The number of nitrogens with one attached hydrogen (secondary N) is 2.